The van der Waals surface area contributed by atoms with Crippen LogP contribution in [-0.2, 0) is 12.0 Å². The van der Waals surface area contributed by atoms with Crippen LogP contribution in [0.2, 0.25) is 0 Å². The smallest absolute Gasteiger partial charge is 0.401 e. The number of carbonyl (C=O) groups excluding carboxylic acids is 1. The minimum atomic E-state index is -0.181. The van der Waals surface area contributed by atoms with Crippen LogP contribution in [0.5, 0.6) is 11.6 Å². The van der Waals surface area contributed by atoms with Crippen molar-refractivity contribution in [3.8, 4) is 11.6 Å². The lowest BCUT2D eigenvalue weighted by Crippen LogP contribution is -2.42. The fourth-order valence-corrected chi connectivity index (χ4v) is 3.15. The predicted octanol–water partition coefficient (Wildman–Crippen LogP) is 1.86. The molecule has 0 unspecified atom stereocenters. The maximum absolute atomic E-state index is 13.1. The van der Waals surface area contributed by atoms with Gasteiger partial charge in [-0.15, -0.1) is 4.68 Å². The number of aliphatic hydroxyl groups is 1. The lowest BCUT2D eigenvalue weighted by Gasteiger charge is -2.21. The highest BCUT2D eigenvalue weighted by Gasteiger charge is 2.24. The fraction of sp³-hybridized carbons (Fsp3) is 0.455. The van der Waals surface area contributed by atoms with Crippen molar-refractivity contribution in [3.05, 3.63) is 41.0 Å². The van der Waals surface area contributed by atoms with Crippen molar-refractivity contribution in [2.45, 2.75) is 46.6 Å². The molecule has 0 aliphatic carbocycles. The summed E-state index contributed by atoms with van der Waals surface area (Å²) in [7, 11) is 0. The van der Waals surface area contributed by atoms with E-state index >= 15 is 0 Å². The standard InChI is InChI=1S/C22H29N5O4/c1-6-30-19-9-14(2)20-25-26(21(23)27(20)24-19)13-18(29)15-10-16(22(3,4)5)12-17(11-15)31-8-7-28/h9-12,23,28H,6-8,13H2,1-5H3/p+1. The number of nitrogen functional groups attached to an aromatic ring is 1. The lowest BCUT2D eigenvalue weighted by molar-refractivity contribution is -0.723. The Morgan fingerprint density at radius 2 is 1.97 bits per heavy atom. The average Bonchev–Trinajstić information content (AvgIpc) is 3.02. The Kier molecular flexibility index (Phi) is 6.45. The molecule has 0 radical (unpaired) electrons. The molecule has 9 nitrogen and oxygen atoms in total. The first-order valence-corrected chi connectivity index (χ1v) is 10.2. The summed E-state index contributed by atoms with van der Waals surface area (Å²) < 4.78 is 14.0. The molecule has 31 heavy (non-hydrogen) atoms. The van der Waals surface area contributed by atoms with E-state index in [1.165, 1.54) is 9.20 Å². The Morgan fingerprint density at radius 3 is 2.61 bits per heavy atom. The molecule has 0 spiro atoms. The summed E-state index contributed by atoms with van der Waals surface area (Å²) in [4.78, 5) is 13.1. The van der Waals surface area contributed by atoms with Gasteiger partial charge in [0.1, 0.15) is 12.4 Å². The van der Waals surface area contributed by atoms with Crippen molar-refractivity contribution in [1.82, 2.24) is 14.7 Å². The Bertz CT molecular complexity index is 1100. The molecule has 166 valence electrons. The fourth-order valence-electron chi connectivity index (χ4n) is 3.15. The number of aryl methyl sites for hydroxylation is 1. The summed E-state index contributed by atoms with van der Waals surface area (Å²) in [6, 6.07) is 7.21. The number of carbonyl (C=O) groups is 1. The van der Waals surface area contributed by atoms with E-state index in [1.807, 2.05) is 26.0 Å². The van der Waals surface area contributed by atoms with Gasteiger partial charge in [-0.1, -0.05) is 35.5 Å². The van der Waals surface area contributed by atoms with Gasteiger partial charge in [-0.3, -0.25) is 10.5 Å². The van der Waals surface area contributed by atoms with E-state index in [1.54, 1.807) is 12.1 Å². The van der Waals surface area contributed by atoms with Crippen LogP contribution in [0.4, 0.5) is 5.95 Å². The number of Topliss-reactive ketones (excluding diaryl/α,β-unsaturated/α-hetero) is 1. The molecule has 0 amide bonds. The van der Waals surface area contributed by atoms with Gasteiger partial charge in [-0.2, -0.15) is 0 Å². The highest BCUT2D eigenvalue weighted by Crippen LogP contribution is 2.28. The first-order chi connectivity index (χ1) is 14.6. The molecule has 0 saturated heterocycles. The van der Waals surface area contributed by atoms with Crippen LogP contribution in [0.3, 0.4) is 0 Å². The van der Waals surface area contributed by atoms with Crippen LogP contribution < -0.4 is 19.9 Å². The third-order valence-corrected chi connectivity index (χ3v) is 4.83. The summed E-state index contributed by atoms with van der Waals surface area (Å²) in [5, 5.41) is 17.9. The molecule has 0 aliphatic heterocycles. The second kappa shape index (κ2) is 8.89. The molecular formula is C22H30N5O4+. The second-order valence-electron chi connectivity index (χ2n) is 8.34. The Balaban J connectivity index is 1.96. The first kappa shape index (κ1) is 22.5. The van der Waals surface area contributed by atoms with E-state index < -0.39 is 0 Å². The maximum atomic E-state index is 13.1. The number of anilines is 1. The van der Waals surface area contributed by atoms with Gasteiger partial charge in [0, 0.05) is 17.2 Å². The number of aromatic nitrogens is 4. The molecule has 3 rings (SSSR count). The van der Waals surface area contributed by atoms with Gasteiger partial charge in [-0.25, -0.2) is 0 Å². The summed E-state index contributed by atoms with van der Waals surface area (Å²) in [6.45, 7) is 10.4. The van der Waals surface area contributed by atoms with Crippen molar-refractivity contribution in [2.24, 2.45) is 0 Å². The molecule has 0 aliphatic rings. The Hall–Kier alpha value is -3.20. The maximum Gasteiger partial charge on any atom is 0.401 e. The minimum Gasteiger partial charge on any atom is -0.491 e. The van der Waals surface area contributed by atoms with Crippen LogP contribution >= 0.6 is 0 Å². The average molecular weight is 429 g/mol. The highest BCUT2D eigenvalue weighted by molar-refractivity contribution is 5.95. The zero-order valence-electron chi connectivity index (χ0n) is 18.7. The molecule has 9 heteroatoms. The molecule has 0 atom stereocenters. The number of nitrogens with two attached hydrogens (primary N) is 1. The number of fused-ring (bicyclic) bond motifs is 1. The van der Waals surface area contributed by atoms with Crippen molar-refractivity contribution < 1.29 is 24.1 Å². The molecule has 3 aromatic rings. The molecule has 0 bridgehead atoms. The number of hydrogen-bond acceptors (Lipinski definition) is 7. The monoisotopic (exact) mass is 428 g/mol. The SMILES string of the molecule is CCOc1cc(C)c2n[n+](CC(=O)c3cc(OCCO)cc(C(C)(C)C)c3)c(N)n2n1. The van der Waals surface area contributed by atoms with Gasteiger partial charge in [0.2, 0.25) is 5.88 Å². The topological polar surface area (TPSA) is 116 Å². The zero-order chi connectivity index (χ0) is 22.8. The van der Waals surface area contributed by atoms with E-state index in [9.17, 15) is 4.79 Å². The quantitative estimate of drug-likeness (QED) is 0.415. The zero-order valence-corrected chi connectivity index (χ0v) is 18.7. The summed E-state index contributed by atoms with van der Waals surface area (Å²) in [5.41, 5.74) is 8.90. The van der Waals surface area contributed by atoms with E-state index in [0.29, 0.717) is 29.4 Å². The highest BCUT2D eigenvalue weighted by atomic mass is 16.5. The van der Waals surface area contributed by atoms with Crippen molar-refractivity contribution >= 4 is 17.4 Å². The van der Waals surface area contributed by atoms with Crippen LogP contribution in [0.1, 0.15) is 49.2 Å². The minimum absolute atomic E-state index is 0.0500. The van der Waals surface area contributed by atoms with Crippen LogP contribution in [0.25, 0.3) is 5.65 Å². The lowest BCUT2D eigenvalue weighted by atomic mass is 9.85. The Morgan fingerprint density at radius 1 is 1.23 bits per heavy atom. The van der Waals surface area contributed by atoms with Gasteiger partial charge < -0.3 is 14.6 Å². The van der Waals surface area contributed by atoms with Crippen LogP contribution in [0, 0.1) is 6.92 Å². The van der Waals surface area contributed by atoms with Gasteiger partial charge in [-0.05, 0) is 43.0 Å². The number of nitrogens with zero attached hydrogens (tertiary/aromatic N) is 4. The number of hydrogen-bond donors (Lipinski definition) is 2. The van der Waals surface area contributed by atoms with Crippen molar-refractivity contribution in [2.75, 3.05) is 25.6 Å². The Labute approximate surface area is 181 Å². The van der Waals surface area contributed by atoms with Crippen LogP contribution in [-0.4, -0.2) is 45.4 Å². The van der Waals surface area contributed by atoms with Crippen molar-refractivity contribution in [1.29, 1.82) is 0 Å². The number of rotatable bonds is 8. The van der Waals surface area contributed by atoms with Gasteiger partial charge in [0.25, 0.3) is 5.65 Å². The van der Waals surface area contributed by atoms with Gasteiger partial charge in [0.05, 0.1) is 13.2 Å². The van der Waals surface area contributed by atoms with E-state index in [0.717, 1.165) is 11.1 Å². The van der Waals surface area contributed by atoms with Gasteiger partial charge in [0.15, 0.2) is 12.3 Å². The first-order valence-electron chi connectivity index (χ1n) is 10.2. The van der Waals surface area contributed by atoms with E-state index in [-0.39, 0.29) is 36.9 Å². The molecule has 0 fully saturated rings. The predicted molar refractivity (Wildman–Crippen MR) is 116 cm³/mol. The molecule has 1 aromatic carbocycles. The number of ether oxygens (including phenoxy) is 2. The van der Waals surface area contributed by atoms with Crippen molar-refractivity contribution in [3.63, 3.8) is 0 Å². The normalized spacial score (nSPS) is 11.7. The largest absolute Gasteiger partial charge is 0.491 e. The number of ketones is 1. The molecular weight excluding hydrogens is 398 g/mol. The van der Waals surface area contributed by atoms with E-state index in [2.05, 4.69) is 31.0 Å². The van der Waals surface area contributed by atoms with Crippen LogP contribution in [0.15, 0.2) is 24.3 Å². The summed E-state index contributed by atoms with van der Waals surface area (Å²) in [5.74, 6) is 1.05. The third kappa shape index (κ3) is 4.93. The number of benzene rings is 1. The molecule has 3 N–H and O–H groups in total. The molecule has 0 saturated carbocycles. The number of aliphatic hydroxyl groups excluding tert-OH is 1. The summed E-state index contributed by atoms with van der Waals surface area (Å²) >= 11 is 0. The van der Waals surface area contributed by atoms with E-state index in [4.69, 9.17) is 20.3 Å². The second-order valence-corrected chi connectivity index (χ2v) is 8.34. The third-order valence-electron chi connectivity index (χ3n) is 4.83. The molecule has 2 heterocycles. The van der Waals surface area contributed by atoms with Gasteiger partial charge >= 0.3 is 5.95 Å². The summed E-state index contributed by atoms with van der Waals surface area (Å²) in [6.07, 6.45) is 0. The molecule has 2 aromatic heterocycles.